The van der Waals surface area contributed by atoms with Gasteiger partial charge < -0.3 is 10.2 Å². The van der Waals surface area contributed by atoms with Crippen molar-refractivity contribution < 1.29 is 15.0 Å². The third kappa shape index (κ3) is 2.40. The zero-order valence-electron chi connectivity index (χ0n) is 8.72. The molecule has 2 aromatic carbocycles. The number of rotatable bonds is 2. The van der Waals surface area contributed by atoms with Gasteiger partial charge in [-0.1, -0.05) is 23.7 Å². The van der Waals surface area contributed by atoms with Crippen LogP contribution in [0.4, 0.5) is 0 Å². The Morgan fingerprint density at radius 2 is 1.88 bits per heavy atom. The highest BCUT2D eigenvalue weighted by Gasteiger charge is 2.12. The van der Waals surface area contributed by atoms with Crippen molar-refractivity contribution in [2.75, 3.05) is 0 Å². The molecule has 0 fully saturated rings. The van der Waals surface area contributed by atoms with E-state index in [-0.39, 0.29) is 11.3 Å². The van der Waals surface area contributed by atoms with Gasteiger partial charge in [-0.15, -0.1) is 0 Å². The van der Waals surface area contributed by atoms with Gasteiger partial charge in [0.05, 0.1) is 5.56 Å². The number of aromatic carboxylic acids is 1. The number of hydrogen-bond acceptors (Lipinski definition) is 2. The number of carbonyl (C=O) groups is 1. The van der Waals surface area contributed by atoms with Crippen LogP contribution in [0.1, 0.15) is 10.4 Å². The minimum absolute atomic E-state index is 0.0822. The first-order valence-electron chi connectivity index (χ1n) is 4.90. The summed E-state index contributed by atoms with van der Waals surface area (Å²) in [6.45, 7) is 0. The number of benzene rings is 2. The Kier molecular flexibility index (Phi) is 3.02. The summed E-state index contributed by atoms with van der Waals surface area (Å²) in [6, 6.07) is 10.9. The summed E-state index contributed by atoms with van der Waals surface area (Å²) in [5, 5.41) is 18.9. The quantitative estimate of drug-likeness (QED) is 0.856. The van der Waals surface area contributed by atoms with Crippen LogP contribution in [-0.4, -0.2) is 16.2 Å². The monoisotopic (exact) mass is 248 g/mol. The number of phenolic OH excluding ortho intramolecular Hbond substituents is 1. The highest BCUT2D eigenvalue weighted by atomic mass is 35.5. The Morgan fingerprint density at radius 3 is 2.53 bits per heavy atom. The lowest BCUT2D eigenvalue weighted by Gasteiger charge is -2.07. The molecular weight excluding hydrogens is 240 g/mol. The smallest absolute Gasteiger partial charge is 0.336 e. The van der Waals surface area contributed by atoms with Crippen LogP contribution in [0.2, 0.25) is 5.02 Å². The van der Waals surface area contributed by atoms with Crippen molar-refractivity contribution in [3.8, 4) is 16.9 Å². The molecule has 4 heteroatoms. The minimum atomic E-state index is -1.03. The summed E-state index contributed by atoms with van der Waals surface area (Å²) in [7, 11) is 0. The predicted molar refractivity (Wildman–Crippen MR) is 65.5 cm³/mol. The Bertz CT molecular complexity index is 579. The molecule has 0 aliphatic carbocycles. The Morgan fingerprint density at radius 1 is 1.12 bits per heavy atom. The van der Waals surface area contributed by atoms with Crippen LogP contribution in [0.5, 0.6) is 5.75 Å². The summed E-state index contributed by atoms with van der Waals surface area (Å²) in [5.74, 6) is -0.946. The first-order valence-corrected chi connectivity index (χ1v) is 5.28. The van der Waals surface area contributed by atoms with Crippen LogP contribution in [0.15, 0.2) is 42.5 Å². The topological polar surface area (TPSA) is 57.5 Å². The molecular formula is C13H9ClO3. The van der Waals surface area contributed by atoms with Crippen LogP contribution in [0.3, 0.4) is 0 Å². The molecule has 2 rings (SSSR count). The molecule has 0 atom stereocenters. The Labute approximate surface area is 103 Å². The van der Waals surface area contributed by atoms with Gasteiger partial charge in [0.1, 0.15) is 5.75 Å². The summed E-state index contributed by atoms with van der Waals surface area (Å²) in [5.41, 5.74) is 1.26. The molecule has 0 saturated carbocycles. The van der Waals surface area contributed by atoms with Gasteiger partial charge in [0.2, 0.25) is 0 Å². The second-order valence-electron chi connectivity index (χ2n) is 3.55. The molecule has 0 aliphatic heterocycles. The fraction of sp³-hybridized carbons (Fsp3) is 0. The average molecular weight is 249 g/mol. The Balaban J connectivity index is 2.65. The molecule has 0 aromatic heterocycles. The standard InChI is InChI=1S/C13H9ClO3/c14-9-4-5-11(13(16)17)12(7-9)8-2-1-3-10(15)6-8/h1-7,15H,(H,16,17). The van der Waals surface area contributed by atoms with Gasteiger partial charge in [0.15, 0.2) is 0 Å². The van der Waals surface area contributed by atoms with E-state index in [2.05, 4.69) is 0 Å². The molecule has 0 spiro atoms. The van der Waals surface area contributed by atoms with Crippen molar-refractivity contribution in [3.63, 3.8) is 0 Å². The summed E-state index contributed by atoms with van der Waals surface area (Å²) in [6.07, 6.45) is 0. The summed E-state index contributed by atoms with van der Waals surface area (Å²) < 4.78 is 0. The van der Waals surface area contributed by atoms with E-state index in [9.17, 15) is 9.90 Å². The lowest BCUT2D eigenvalue weighted by Crippen LogP contribution is -1.99. The van der Waals surface area contributed by atoms with E-state index in [1.807, 2.05) is 0 Å². The highest BCUT2D eigenvalue weighted by Crippen LogP contribution is 2.29. The molecule has 0 amide bonds. The number of phenols is 1. The second-order valence-corrected chi connectivity index (χ2v) is 3.98. The van der Waals surface area contributed by atoms with Crippen LogP contribution < -0.4 is 0 Å². The molecule has 0 heterocycles. The van der Waals surface area contributed by atoms with Crippen LogP contribution >= 0.6 is 11.6 Å². The van der Waals surface area contributed by atoms with Gasteiger partial charge in [-0.25, -0.2) is 4.79 Å². The fourth-order valence-electron chi connectivity index (χ4n) is 1.62. The van der Waals surface area contributed by atoms with E-state index in [0.29, 0.717) is 16.1 Å². The first-order chi connectivity index (χ1) is 8.08. The van der Waals surface area contributed by atoms with Gasteiger partial charge in [-0.2, -0.15) is 0 Å². The Hall–Kier alpha value is -2.00. The third-order valence-electron chi connectivity index (χ3n) is 2.37. The van der Waals surface area contributed by atoms with Gasteiger partial charge in [0, 0.05) is 5.02 Å². The van der Waals surface area contributed by atoms with Crippen LogP contribution in [0, 0.1) is 0 Å². The molecule has 17 heavy (non-hydrogen) atoms. The molecule has 2 N–H and O–H groups in total. The van der Waals surface area contributed by atoms with Gasteiger partial charge in [0.25, 0.3) is 0 Å². The van der Waals surface area contributed by atoms with Crippen molar-refractivity contribution >= 4 is 17.6 Å². The van der Waals surface area contributed by atoms with E-state index in [0.717, 1.165) is 0 Å². The molecule has 2 aromatic rings. The number of halogens is 1. The molecule has 0 unspecified atom stereocenters. The molecule has 0 saturated heterocycles. The highest BCUT2D eigenvalue weighted by molar-refractivity contribution is 6.31. The second kappa shape index (κ2) is 4.47. The maximum Gasteiger partial charge on any atom is 0.336 e. The molecule has 0 radical (unpaired) electrons. The average Bonchev–Trinajstić information content (AvgIpc) is 2.28. The number of carboxylic acid groups (broad SMARTS) is 1. The molecule has 3 nitrogen and oxygen atoms in total. The predicted octanol–water partition coefficient (Wildman–Crippen LogP) is 3.41. The molecule has 0 aliphatic rings. The van der Waals surface area contributed by atoms with E-state index >= 15 is 0 Å². The fourth-order valence-corrected chi connectivity index (χ4v) is 1.79. The van der Waals surface area contributed by atoms with Crippen molar-refractivity contribution in [2.45, 2.75) is 0 Å². The number of hydrogen-bond donors (Lipinski definition) is 2. The molecule has 0 bridgehead atoms. The summed E-state index contributed by atoms with van der Waals surface area (Å²) >= 11 is 5.86. The molecule has 86 valence electrons. The van der Waals surface area contributed by atoms with Gasteiger partial charge >= 0.3 is 5.97 Å². The van der Waals surface area contributed by atoms with Crippen molar-refractivity contribution in [1.82, 2.24) is 0 Å². The van der Waals surface area contributed by atoms with Crippen LogP contribution in [-0.2, 0) is 0 Å². The SMILES string of the molecule is O=C(O)c1ccc(Cl)cc1-c1cccc(O)c1. The van der Waals surface area contributed by atoms with E-state index in [1.165, 1.54) is 24.3 Å². The van der Waals surface area contributed by atoms with Crippen molar-refractivity contribution in [1.29, 1.82) is 0 Å². The zero-order chi connectivity index (χ0) is 12.4. The third-order valence-corrected chi connectivity index (χ3v) is 2.60. The van der Waals surface area contributed by atoms with Gasteiger partial charge in [-0.05, 0) is 41.5 Å². The number of carboxylic acids is 1. The minimum Gasteiger partial charge on any atom is -0.508 e. The van der Waals surface area contributed by atoms with E-state index in [1.54, 1.807) is 18.2 Å². The lowest BCUT2D eigenvalue weighted by molar-refractivity contribution is 0.0697. The zero-order valence-corrected chi connectivity index (χ0v) is 9.48. The lowest BCUT2D eigenvalue weighted by atomic mass is 9.99. The van der Waals surface area contributed by atoms with Gasteiger partial charge in [-0.3, -0.25) is 0 Å². The van der Waals surface area contributed by atoms with E-state index in [4.69, 9.17) is 16.7 Å². The van der Waals surface area contributed by atoms with E-state index < -0.39 is 5.97 Å². The first kappa shape index (κ1) is 11.5. The van der Waals surface area contributed by atoms with Crippen molar-refractivity contribution in [2.24, 2.45) is 0 Å². The van der Waals surface area contributed by atoms with Crippen molar-refractivity contribution in [3.05, 3.63) is 53.1 Å². The van der Waals surface area contributed by atoms with Crippen LogP contribution in [0.25, 0.3) is 11.1 Å². The normalized spacial score (nSPS) is 10.2. The summed E-state index contributed by atoms with van der Waals surface area (Å²) in [4.78, 5) is 11.1. The number of aromatic hydroxyl groups is 1. The maximum atomic E-state index is 11.1. The maximum absolute atomic E-state index is 11.1. The largest absolute Gasteiger partial charge is 0.508 e.